The van der Waals surface area contributed by atoms with E-state index in [-0.39, 0.29) is 6.10 Å². The molecular formula is C13H27NO3Si. The van der Waals surface area contributed by atoms with Gasteiger partial charge < -0.3 is 13.3 Å². The zero-order valence-electron chi connectivity index (χ0n) is 12.2. The molecule has 0 aromatic carbocycles. The number of hydrogen-bond donors (Lipinski definition) is 0. The highest BCUT2D eigenvalue weighted by Gasteiger charge is 2.41. The summed E-state index contributed by atoms with van der Waals surface area (Å²) in [6, 6.07) is 3.01. The summed E-state index contributed by atoms with van der Waals surface area (Å²) in [5.41, 5.74) is 0. The third-order valence-electron chi connectivity index (χ3n) is 2.56. The molecule has 0 spiro atoms. The number of nitrogens with zero attached hydrogens (tertiary/aromatic N) is 1. The number of hydrogen-bond acceptors (Lipinski definition) is 4. The van der Waals surface area contributed by atoms with E-state index in [2.05, 4.69) is 13.0 Å². The minimum Gasteiger partial charge on any atom is -0.374 e. The molecule has 0 N–H and O–H groups in total. The van der Waals surface area contributed by atoms with Gasteiger partial charge in [-0.2, -0.15) is 5.26 Å². The minimum atomic E-state index is -2.50. The molecule has 106 valence electrons. The van der Waals surface area contributed by atoms with Crippen molar-refractivity contribution in [1.82, 2.24) is 0 Å². The highest BCUT2D eigenvalue weighted by atomic mass is 28.4. The van der Waals surface area contributed by atoms with E-state index in [1.165, 1.54) is 0 Å². The van der Waals surface area contributed by atoms with E-state index in [4.69, 9.17) is 18.5 Å². The Balaban J connectivity index is 4.39. The molecule has 0 aliphatic rings. The molecule has 0 saturated carbocycles. The first-order valence-corrected chi connectivity index (χ1v) is 8.89. The van der Waals surface area contributed by atoms with Crippen molar-refractivity contribution in [3.8, 4) is 6.07 Å². The van der Waals surface area contributed by atoms with E-state index in [0.717, 1.165) is 25.3 Å². The number of unbranched alkanes of at least 4 members (excludes halogenated alkanes) is 1. The Hall–Kier alpha value is -0.413. The Kier molecular flexibility index (Phi) is 10.3. The van der Waals surface area contributed by atoms with Crippen molar-refractivity contribution < 1.29 is 13.3 Å². The van der Waals surface area contributed by atoms with E-state index in [9.17, 15) is 0 Å². The minimum absolute atomic E-state index is 0.0923. The lowest BCUT2D eigenvalue weighted by atomic mass is 10.2. The second-order valence-corrected chi connectivity index (χ2v) is 6.96. The van der Waals surface area contributed by atoms with Gasteiger partial charge in [0, 0.05) is 31.8 Å². The molecule has 0 aliphatic heterocycles. The lowest BCUT2D eigenvalue weighted by Gasteiger charge is -2.31. The van der Waals surface area contributed by atoms with Gasteiger partial charge in [-0.15, -0.1) is 0 Å². The maximum atomic E-state index is 8.53. The van der Waals surface area contributed by atoms with Crippen molar-refractivity contribution >= 4 is 8.80 Å². The summed E-state index contributed by atoms with van der Waals surface area (Å²) in [6.07, 6.45) is 3.42. The molecule has 0 saturated heterocycles. The molecule has 18 heavy (non-hydrogen) atoms. The lowest BCUT2D eigenvalue weighted by Crippen LogP contribution is -2.48. The molecule has 5 heteroatoms. The average Bonchev–Trinajstić information content (AvgIpc) is 2.30. The van der Waals surface area contributed by atoms with Crippen molar-refractivity contribution in [1.29, 1.82) is 5.26 Å². The Morgan fingerprint density at radius 1 is 1.17 bits per heavy atom. The van der Waals surface area contributed by atoms with Gasteiger partial charge in [-0.25, -0.2) is 0 Å². The van der Waals surface area contributed by atoms with Gasteiger partial charge in [0.1, 0.15) is 0 Å². The van der Waals surface area contributed by atoms with Gasteiger partial charge >= 0.3 is 8.80 Å². The Labute approximate surface area is 113 Å². The molecular weight excluding hydrogens is 246 g/mol. The van der Waals surface area contributed by atoms with Gasteiger partial charge in [0.2, 0.25) is 0 Å². The van der Waals surface area contributed by atoms with Crippen LogP contribution < -0.4 is 0 Å². The molecule has 0 bridgehead atoms. The fourth-order valence-corrected chi connectivity index (χ4v) is 4.74. The first-order chi connectivity index (χ1) is 8.64. The van der Waals surface area contributed by atoms with E-state index in [0.29, 0.717) is 19.6 Å². The maximum absolute atomic E-state index is 8.53. The van der Waals surface area contributed by atoms with E-state index < -0.39 is 8.80 Å². The van der Waals surface area contributed by atoms with Crippen molar-refractivity contribution in [3.05, 3.63) is 0 Å². The topological polar surface area (TPSA) is 51.5 Å². The van der Waals surface area contributed by atoms with E-state index >= 15 is 0 Å². The molecule has 0 heterocycles. The second-order valence-electron chi connectivity index (χ2n) is 4.28. The van der Waals surface area contributed by atoms with Gasteiger partial charge in [0.25, 0.3) is 0 Å². The zero-order valence-corrected chi connectivity index (χ0v) is 13.2. The van der Waals surface area contributed by atoms with Gasteiger partial charge in [-0.3, -0.25) is 0 Å². The Bertz CT molecular complexity index is 226. The van der Waals surface area contributed by atoms with Crippen LogP contribution >= 0.6 is 0 Å². The molecule has 0 radical (unpaired) electrons. The largest absolute Gasteiger partial charge is 0.501 e. The summed E-state index contributed by atoms with van der Waals surface area (Å²) >= 11 is 0. The van der Waals surface area contributed by atoms with Crippen LogP contribution in [0.2, 0.25) is 6.04 Å². The molecule has 1 unspecified atom stereocenters. The Morgan fingerprint density at radius 2 is 1.78 bits per heavy atom. The zero-order chi connectivity index (χ0) is 13.9. The fourth-order valence-electron chi connectivity index (χ4n) is 1.89. The predicted molar refractivity (Wildman–Crippen MR) is 74.1 cm³/mol. The van der Waals surface area contributed by atoms with Crippen molar-refractivity contribution in [2.75, 3.05) is 13.2 Å². The van der Waals surface area contributed by atoms with Crippen molar-refractivity contribution in [2.45, 2.75) is 65.5 Å². The van der Waals surface area contributed by atoms with Crippen LogP contribution in [0.1, 0.15) is 53.4 Å². The average molecular weight is 273 g/mol. The molecule has 4 nitrogen and oxygen atoms in total. The molecule has 0 rings (SSSR count). The first-order valence-electron chi connectivity index (χ1n) is 6.96. The molecule has 0 aromatic heterocycles. The monoisotopic (exact) mass is 273 g/mol. The second kappa shape index (κ2) is 10.5. The van der Waals surface area contributed by atoms with Crippen LogP contribution in [-0.2, 0) is 13.3 Å². The van der Waals surface area contributed by atoms with Crippen LogP contribution in [0.5, 0.6) is 0 Å². The SMILES string of the molecule is CCC[Si](OCC)(OCC)OC(C)CCCC#N. The summed E-state index contributed by atoms with van der Waals surface area (Å²) < 4.78 is 17.7. The van der Waals surface area contributed by atoms with E-state index in [1.54, 1.807) is 0 Å². The quantitative estimate of drug-likeness (QED) is 0.427. The van der Waals surface area contributed by atoms with Gasteiger partial charge in [0.15, 0.2) is 0 Å². The third kappa shape index (κ3) is 7.12. The third-order valence-corrected chi connectivity index (χ3v) is 5.90. The first kappa shape index (κ1) is 17.6. The number of nitriles is 1. The molecule has 1 atom stereocenters. The molecule has 0 aliphatic carbocycles. The van der Waals surface area contributed by atoms with E-state index in [1.807, 2.05) is 20.8 Å². The van der Waals surface area contributed by atoms with Gasteiger partial charge in [0.05, 0.1) is 6.07 Å². The normalized spacial score (nSPS) is 13.3. The molecule has 0 aromatic rings. The van der Waals surface area contributed by atoms with Crippen LogP contribution in [0.4, 0.5) is 0 Å². The van der Waals surface area contributed by atoms with Crippen molar-refractivity contribution in [2.24, 2.45) is 0 Å². The summed E-state index contributed by atoms with van der Waals surface area (Å²) in [5.74, 6) is 0. The lowest BCUT2D eigenvalue weighted by molar-refractivity contribution is 0.0350. The van der Waals surface area contributed by atoms with Gasteiger partial charge in [-0.05, 0) is 33.6 Å². The van der Waals surface area contributed by atoms with Crippen LogP contribution in [0, 0.1) is 11.3 Å². The smallest absolute Gasteiger partial charge is 0.374 e. The molecule has 0 fully saturated rings. The standard InChI is InChI=1S/C13H27NO3Si/c1-5-12-18(15-6-2,16-7-3)17-13(4)10-8-9-11-14/h13H,5-10,12H2,1-4H3. The van der Waals surface area contributed by atoms with Crippen molar-refractivity contribution in [3.63, 3.8) is 0 Å². The highest BCUT2D eigenvalue weighted by molar-refractivity contribution is 6.60. The van der Waals surface area contributed by atoms with Crippen LogP contribution in [0.3, 0.4) is 0 Å². The molecule has 0 amide bonds. The summed E-state index contributed by atoms with van der Waals surface area (Å²) in [7, 11) is -2.50. The Morgan fingerprint density at radius 3 is 2.22 bits per heavy atom. The summed E-state index contributed by atoms with van der Waals surface area (Å²) in [4.78, 5) is 0. The predicted octanol–water partition coefficient (Wildman–Crippen LogP) is 3.51. The highest BCUT2D eigenvalue weighted by Crippen LogP contribution is 2.21. The number of rotatable bonds is 11. The summed E-state index contributed by atoms with van der Waals surface area (Å²) in [6.45, 7) is 9.34. The van der Waals surface area contributed by atoms with Gasteiger partial charge in [-0.1, -0.05) is 13.3 Å². The van der Waals surface area contributed by atoms with Crippen LogP contribution in [-0.4, -0.2) is 28.1 Å². The fraction of sp³-hybridized carbons (Fsp3) is 0.923. The maximum Gasteiger partial charge on any atom is 0.501 e. The van der Waals surface area contributed by atoms with Crippen LogP contribution in [0.25, 0.3) is 0 Å². The van der Waals surface area contributed by atoms with Crippen LogP contribution in [0.15, 0.2) is 0 Å². The summed E-state index contributed by atoms with van der Waals surface area (Å²) in [5, 5.41) is 8.53.